The zero-order valence-corrected chi connectivity index (χ0v) is 18.0. The Hall–Kier alpha value is -3.71. The summed E-state index contributed by atoms with van der Waals surface area (Å²) < 4.78 is 6.08. The molecular formula is C25H23N3O4. The summed E-state index contributed by atoms with van der Waals surface area (Å²) >= 11 is 0. The van der Waals surface area contributed by atoms with Crippen molar-refractivity contribution >= 4 is 17.4 Å². The minimum absolute atomic E-state index is 0.150. The fourth-order valence-corrected chi connectivity index (χ4v) is 4.69. The molecule has 162 valence electrons. The molecule has 7 heteroatoms. The zero-order valence-electron chi connectivity index (χ0n) is 18.0. The standard InChI is InChI=1S/C25H23N3O4/c1-13(2)15-7-8-17-20(11-15)32-25(31)18-5-4-6-19(26)21(18)22(29)24(17,25)28-23(30)16-12-27-10-9-14(16)3/h4-13,31H,26H2,1-3H3,(H,28,30). The Morgan fingerprint density at radius 1 is 1.19 bits per heavy atom. The van der Waals surface area contributed by atoms with E-state index in [1.807, 2.05) is 19.9 Å². The van der Waals surface area contributed by atoms with Crippen LogP contribution in [-0.4, -0.2) is 21.8 Å². The van der Waals surface area contributed by atoms with Gasteiger partial charge in [-0.05, 0) is 42.2 Å². The lowest BCUT2D eigenvalue weighted by molar-refractivity contribution is -0.169. The molecule has 0 radical (unpaired) electrons. The second-order valence-corrected chi connectivity index (χ2v) is 8.65. The van der Waals surface area contributed by atoms with Gasteiger partial charge in [0.15, 0.2) is 0 Å². The number of amides is 1. The Morgan fingerprint density at radius 3 is 2.69 bits per heavy atom. The molecule has 1 aromatic heterocycles. The van der Waals surface area contributed by atoms with E-state index >= 15 is 0 Å². The topological polar surface area (TPSA) is 115 Å². The van der Waals surface area contributed by atoms with Crippen molar-refractivity contribution in [2.45, 2.75) is 38.0 Å². The van der Waals surface area contributed by atoms with Crippen LogP contribution in [0, 0.1) is 6.92 Å². The Labute approximate surface area is 185 Å². The molecule has 7 nitrogen and oxygen atoms in total. The van der Waals surface area contributed by atoms with Crippen molar-refractivity contribution < 1.29 is 19.4 Å². The molecule has 32 heavy (non-hydrogen) atoms. The number of nitrogens with one attached hydrogen (secondary N) is 1. The number of hydrogen-bond donors (Lipinski definition) is 3. The number of rotatable bonds is 3. The van der Waals surface area contributed by atoms with E-state index < -0.39 is 23.0 Å². The third-order valence-corrected chi connectivity index (χ3v) is 6.46. The number of aromatic nitrogens is 1. The van der Waals surface area contributed by atoms with E-state index in [0.29, 0.717) is 22.4 Å². The van der Waals surface area contributed by atoms with E-state index in [2.05, 4.69) is 10.3 Å². The van der Waals surface area contributed by atoms with Gasteiger partial charge in [0.05, 0.1) is 11.1 Å². The molecule has 4 N–H and O–H groups in total. The second-order valence-electron chi connectivity index (χ2n) is 8.65. The van der Waals surface area contributed by atoms with Crippen LogP contribution in [-0.2, 0) is 11.3 Å². The smallest absolute Gasteiger partial charge is 0.271 e. The zero-order chi connectivity index (χ0) is 22.8. The number of carbonyl (C=O) groups excluding carboxylic acids is 2. The Morgan fingerprint density at radius 2 is 1.97 bits per heavy atom. The monoisotopic (exact) mass is 429 g/mol. The number of ketones is 1. The lowest BCUT2D eigenvalue weighted by Gasteiger charge is -2.34. The lowest BCUT2D eigenvalue weighted by Crippen LogP contribution is -2.60. The maximum absolute atomic E-state index is 13.9. The molecule has 1 amide bonds. The molecule has 3 aromatic rings. The molecule has 0 saturated heterocycles. The summed E-state index contributed by atoms with van der Waals surface area (Å²) in [6, 6.07) is 12.0. The van der Waals surface area contributed by atoms with Gasteiger partial charge in [0.1, 0.15) is 5.75 Å². The molecule has 0 fully saturated rings. The van der Waals surface area contributed by atoms with E-state index in [4.69, 9.17) is 10.5 Å². The largest absolute Gasteiger partial charge is 0.454 e. The summed E-state index contributed by atoms with van der Waals surface area (Å²) in [7, 11) is 0. The number of ether oxygens (including phenoxy) is 1. The van der Waals surface area contributed by atoms with Crippen LogP contribution < -0.4 is 15.8 Å². The van der Waals surface area contributed by atoms with Gasteiger partial charge in [-0.15, -0.1) is 0 Å². The van der Waals surface area contributed by atoms with Crippen LogP contribution in [0.5, 0.6) is 5.75 Å². The minimum Gasteiger partial charge on any atom is -0.454 e. The van der Waals surface area contributed by atoms with Crippen LogP contribution in [0.1, 0.15) is 62.7 Å². The average Bonchev–Trinajstić information content (AvgIpc) is 3.11. The van der Waals surface area contributed by atoms with Gasteiger partial charge in [0.25, 0.3) is 11.7 Å². The van der Waals surface area contributed by atoms with Gasteiger partial charge in [0.2, 0.25) is 11.3 Å². The summed E-state index contributed by atoms with van der Waals surface area (Å²) in [6.45, 7) is 5.85. The molecule has 5 rings (SSSR count). The SMILES string of the molecule is Cc1ccncc1C(=O)NC12C(=O)c3c(N)cccc3C1(O)Oc1cc(C(C)C)ccc12. The quantitative estimate of drug-likeness (QED) is 0.551. The Kier molecular flexibility index (Phi) is 4.19. The Bertz CT molecular complexity index is 1300. The molecule has 0 spiro atoms. The highest BCUT2D eigenvalue weighted by molar-refractivity contribution is 6.16. The van der Waals surface area contributed by atoms with Gasteiger partial charge < -0.3 is 20.9 Å². The summed E-state index contributed by atoms with van der Waals surface area (Å²) in [5.74, 6) is -2.64. The van der Waals surface area contributed by atoms with E-state index in [1.165, 1.54) is 6.20 Å². The molecule has 2 atom stereocenters. The molecule has 2 aromatic carbocycles. The maximum atomic E-state index is 13.9. The van der Waals surface area contributed by atoms with Crippen molar-refractivity contribution in [1.82, 2.24) is 10.3 Å². The first-order chi connectivity index (χ1) is 15.2. The van der Waals surface area contributed by atoms with E-state index in [-0.39, 0.29) is 22.7 Å². The molecule has 1 aliphatic heterocycles. The number of nitrogen functional groups attached to an aromatic ring is 1. The van der Waals surface area contributed by atoms with Crippen molar-refractivity contribution in [3.63, 3.8) is 0 Å². The van der Waals surface area contributed by atoms with Crippen molar-refractivity contribution in [3.8, 4) is 5.75 Å². The number of nitrogens with zero attached hydrogens (tertiary/aromatic N) is 1. The van der Waals surface area contributed by atoms with Crippen molar-refractivity contribution in [2.24, 2.45) is 0 Å². The number of nitrogens with two attached hydrogens (primary N) is 1. The van der Waals surface area contributed by atoms with Crippen LogP contribution in [0.2, 0.25) is 0 Å². The number of hydrogen-bond acceptors (Lipinski definition) is 6. The first-order valence-electron chi connectivity index (χ1n) is 10.4. The fourth-order valence-electron chi connectivity index (χ4n) is 4.69. The predicted molar refractivity (Wildman–Crippen MR) is 118 cm³/mol. The average molecular weight is 429 g/mol. The van der Waals surface area contributed by atoms with Gasteiger partial charge in [0, 0.05) is 29.2 Å². The van der Waals surface area contributed by atoms with Gasteiger partial charge in [-0.3, -0.25) is 14.6 Å². The molecular weight excluding hydrogens is 406 g/mol. The van der Waals surface area contributed by atoms with E-state index in [9.17, 15) is 14.7 Å². The lowest BCUT2D eigenvalue weighted by atomic mass is 9.82. The molecule has 1 aliphatic carbocycles. The molecule has 2 aliphatic rings. The summed E-state index contributed by atoms with van der Waals surface area (Å²) in [5, 5.41) is 14.7. The van der Waals surface area contributed by atoms with Crippen molar-refractivity contribution in [2.75, 3.05) is 5.73 Å². The van der Waals surface area contributed by atoms with Crippen LogP contribution >= 0.6 is 0 Å². The fraction of sp³-hybridized carbons (Fsp3) is 0.240. The molecule has 2 unspecified atom stereocenters. The van der Waals surface area contributed by atoms with Gasteiger partial charge in [-0.2, -0.15) is 0 Å². The first-order valence-corrected chi connectivity index (χ1v) is 10.4. The Balaban J connectivity index is 1.75. The number of pyridine rings is 1. The van der Waals surface area contributed by atoms with Crippen LogP contribution in [0.15, 0.2) is 54.9 Å². The second kappa shape index (κ2) is 6.64. The summed E-state index contributed by atoms with van der Waals surface area (Å²) in [4.78, 5) is 31.3. The highest BCUT2D eigenvalue weighted by Crippen LogP contribution is 2.59. The first kappa shape index (κ1) is 20.2. The van der Waals surface area contributed by atoms with Crippen molar-refractivity contribution in [3.05, 3.63) is 88.2 Å². The number of Topliss-reactive ketones (excluding diaryl/α,β-unsaturated/α-hetero) is 1. The van der Waals surface area contributed by atoms with Crippen LogP contribution in [0.4, 0.5) is 5.69 Å². The minimum atomic E-state index is -2.14. The van der Waals surface area contributed by atoms with Crippen LogP contribution in [0.25, 0.3) is 0 Å². The highest BCUT2D eigenvalue weighted by atomic mass is 16.6. The van der Waals surface area contributed by atoms with Gasteiger partial charge in [-0.25, -0.2) is 0 Å². The number of anilines is 1. The number of carbonyl (C=O) groups is 2. The number of aryl methyl sites for hydroxylation is 1. The summed E-state index contributed by atoms with van der Waals surface area (Å²) in [5.41, 5.74) is 7.20. The predicted octanol–water partition coefficient (Wildman–Crippen LogP) is 3.15. The van der Waals surface area contributed by atoms with Gasteiger partial charge in [-0.1, -0.05) is 38.1 Å². The third-order valence-electron chi connectivity index (χ3n) is 6.46. The molecule has 0 saturated carbocycles. The number of benzene rings is 2. The van der Waals surface area contributed by atoms with Gasteiger partial charge >= 0.3 is 0 Å². The van der Waals surface area contributed by atoms with Crippen LogP contribution in [0.3, 0.4) is 0 Å². The third kappa shape index (κ3) is 2.42. The number of fused-ring (bicyclic) bond motifs is 5. The van der Waals surface area contributed by atoms with E-state index in [0.717, 1.165) is 5.56 Å². The molecule has 2 heterocycles. The maximum Gasteiger partial charge on any atom is 0.271 e. The highest BCUT2D eigenvalue weighted by Gasteiger charge is 2.72. The summed E-state index contributed by atoms with van der Waals surface area (Å²) in [6.07, 6.45) is 3.01. The van der Waals surface area contributed by atoms with E-state index in [1.54, 1.807) is 49.5 Å². The van der Waals surface area contributed by atoms with Crippen molar-refractivity contribution in [1.29, 1.82) is 0 Å². The normalized spacial score (nSPS) is 22.8. The number of aliphatic hydroxyl groups is 1. The molecule has 0 bridgehead atoms.